The molecule has 1 aliphatic carbocycles. The molecule has 20 aromatic carbocycles. The van der Waals surface area contributed by atoms with Crippen LogP contribution in [0.3, 0.4) is 0 Å². The highest BCUT2D eigenvalue weighted by Crippen LogP contribution is 2.52. The van der Waals surface area contributed by atoms with Crippen LogP contribution in [0.2, 0.25) is 0 Å². The van der Waals surface area contributed by atoms with Crippen molar-refractivity contribution in [1.82, 2.24) is 62.7 Å². The van der Waals surface area contributed by atoms with Gasteiger partial charge < -0.3 is 9.13 Å². The summed E-state index contributed by atoms with van der Waals surface area (Å²) >= 11 is 0. The Morgan fingerprint density at radius 2 is 0.482 bits per heavy atom. The van der Waals surface area contributed by atoms with Crippen LogP contribution in [0.4, 0.5) is 0 Å². The lowest BCUT2D eigenvalue weighted by molar-refractivity contribution is 0.953. The largest absolute Gasteiger partial charge is 0.309 e. The number of fused-ring (bicyclic) bond motifs is 20. The fraction of sp³-hybridized carbons (Fsp3) is 0. The minimum atomic E-state index is 0.584. The Labute approximate surface area is 785 Å². The summed E-state index contributed by atoms with van der Waals surface area (Å²) in [6, 6.07) is 164. The lowest BCUT2D eigenvalue weighted by Crippen LogP contribution is -2.06. The Hall–Kier alpha value is -18.7. The monoisotopic (exact) mass is 1750 g/mol. The molecule has 29 rings (SSSR count). The van der Waals surface area contributed by atoms with Crippen molar-refractivity contribution in [2.24, 2.45) is 0 Å². The van der Waals surface area contributed by atoms with E-state index in [9.17, 15) is 0 Å². The molecule has 137 heavy (non-hydrogen) atoms. The van der Waals surface area contributed by atoms with Gasteiger partial charge in [-0.3, -0.25) is 13.7 Å². The van der Waals surface area contributed by atoms with E-state index >= 15 is 0 Å². The molecule has 28 aromatic rings. The highest BCUT2D eigenvalue weighted by atomic mass is 15.2. The van der Waals surface area contributed by atoms with Crippen LogP contribution in [-0.2, 0) is 0 Å². The fourth-order valence-electron chi connectivity index (χ4n) is 21.1. The van der Waals surface area contributed by atoms with Gasteiger partial charge in [0.1, 0.15) is 0 Å². The first-order chi connectivity index (χ1) is 68.0. The van der Waals surface area contributed by atoms with Crippen molar-refractivity contribution >= 4 is 141 Å². The minimum Gasteiger partial charge on any atom is -0.309 e. The molecule has 0 atom stereocenters. The zero-order valence-corrected chi connectivity index (χ0v) is 73.8. The maximum absolute atomic E-state index is 5.38. The molecule has 0 amide bonds. The number of hydrogen-bond acceptors (Lipinski definition) is 8. The van der Waals surface area contributed by atoms with Gasteiger partial charge in [-0.1, -0.05) is 388 Å². The summed E-state index contributed by atoms with van der Waals surface area (Å²) in [6.07, 6.45) is 0. The molecule has 0 saturated heterocycles. The molecule has 0 N–H and O–H groups in total. The van der Waals surface area contributed by atoms with Crippen LogP contribution in [0.15, 0.2) is 467 Å². The zero-order chi connectivity index (χ0) is 90.1. The Balaban J connectivity index is 0.000000104. The molecule has 0 saturated carbocycles. The third-order valence-electron chi connectivity index (χ3n) is 27.1. The maximum atomic E-state index is 5.38. The standard InChI is InChI=1S/C45H29N5.C40H23N3.C39H25N5/c1-4-14-30(15-5-1)31-24-26-34(27-25-31)49-39-23-13-11-21-37(39)41-40(49)29-28-36-35-20-10-12-22-38(35)50(42(36)41)45-47-43(32-16-6-2-7-17-32)46-44(48-45)33-18-8-3-9-19-33;1-2-11-26(12-3-1)38-32-22-20-24-10-4-5-14-27(24)39(32)42-40(41-38)43-33-19-9-18-31-29-16-7-6-15-28(29)30-17-8-13-25-21-23-34(43)37(35(25)30)36(31)33;1-4-14-26(15-5-1)37-40-38(27-16-6-2-7-17-27)42-39(41-37)44-33-23-13-11-21-31(33)35-34(44)25-24-30-29-20-10-12-22-32(29)43(36(30)35)28-18-8-3-9-19-28/h1-29H;1-23H;1-25H. The molecule has 0 spiro atoms. The van der Waals surface area contributed by atoms with Crippen LogP contribution in [0.25, 0.3) is 261 Å². The molecule has 0 aliphatic heterocycles. The van der Waals surface area contributed by atoms with Gasteiger partial charge in [-0.05, 0) is 128 Å². The predicted molar refractivity (Wildman–Crippen MR) is 563 cm³/mol. The minimum absolute atomic E-state index is 0.584. The van der Waals surface area contributed by atoms with Crippen molar-refractivity contribution < 1.29 is 0 Å². The SMILES string of the molecule is c1ccc(-c2ccc(-n3c4ccccc4c4c3ccc3c5ccccc5n(-c5nc(-c6ccccc6)nc(-c6ccccc6)n5)c34)cc2)cc1.c1ccc(-c2nc(-c3ccccc3)nc(-n3c4ccccc4c4c3ccc3c5ccccc5n(-c5ccccc5)c34)n2)cc1.c1ccc(-c2nc(-n3c4cccc5c4c4c6c(cccc6ccc43)-c3ccccc3-5)nc3c2ccc2ccccc23)cc1. The summed E-state index contributed by atoms with van der Waals surface area (Å²) in [5.74, 6) is 4.40. The second-order valence-electron chi connectivity index (χ2n) is 34.8. The van der Waals surface area contributed by atoms with Crippen LogP contribution in [0, 0.1) is 0 Å². The summed E-state index contributed by atoms with van der Waals surface area (Å²) in [5, 5.41) is 17.8. The number of rotatable bonds is 11. The highest BCUT2D eigenvalue weighted by Gasteiger charge is 2.30. The van der Waals surface area contributed by atoms with E-state index in [0.29, 0.717) is 41.1 Å². The Morgan fingerprint density at radius 1 is 0.146 bits per heavy atom. The number of benzene rings is 20. The van der Waals surface area contributed by atoms with Crippen LogP contribution in [0.1, 0.15) is 0 Å². The molecule has 0 bridgehead atoms. The Bertz CT molecular complexity index is 9580. The molecule has 13 heteroatoms. The van der Waals surface area contributed by atoms with Crippen LogP contribution in [-0.4, -0.2) is 62.7 Å². The zero-order valence-electron chi connectivity index (χ0n) is 73.8. The van der Waals surface area contributed by atoms with Crippen molar-refractivity contribution in [1.29, 1.82) is 0 Å². The first-order valence-electron chi connectivity index (χ1n) is 46.2. The maximum Gasteiger partial charge on any atom is 0.238 e. The number of nitrogens with zero attached hydrogens (tertiary/aromatic N) is 13. The van der Waals surface area contributed by atoms with Gasteiger partial charge in [0.25, 0.3) is 0 Å². The summed E-state index contributed by atoms with van der Waals surface area (Å²) in [6.45, 7) is 0. The van der Waals surface area contributed by atoms with Gasteiger partial charge in [-0.25, -0.2) is 19.9 Å². The van der Waals surface area contributed by atoms with Crippen LogP contribution >= 0.6 is 0 Å². The third kappa shape index (κ3) is 12.8. The van der Waals surface area contributed by atoms with Crippen molar-refractivity contribution in [3.63, 3.8) is 0 Å². The normalized spacial score (nSPS) is 11.8. The lowest BCUT2D eigenvalue weighted by atomic mass is 9.93. The van der Waals surface area contributed by atoms with E-state index in [1.807, 2.05) is 97.1 Å². The molecular formula is C124H77N13. The summed E-state index contributed by atoms with van der Waals surface area (Å²) in [7, 11) is 0. The van der Waals surface area contributed by atoms with Crippen molar-refractivity contribution in [2.45, 2.75) is 0 Å². The molecule has 8 aromatic heterocycles. The van der Waals surface area contributed by atoms with Crippen LogP contribution in [0.5, 0.6) is 0 Å². The summed E-state index contributed by atoms with van der Waals surface area (Å²) in [5.41, 5.74) is 27.5. The smallest absolute Gasteiger partial charge is 0.238 e. The van der Waals surface area contributed by atoms with Gasteiger partial charge in [0.15, 0.2) is 23.3 Å². The summed E-state index contributed by atoms with van der Waals surface area (Å²) < 4.78 is 11.5. The van der Waals surface area contributed by atoms with E-state index < -0.39 is 0 Å². The van der Waals surface area contributed by atoms with E-state index in [1.54, 1.807) is 0 Å². The predicted octanol–water partition coefficient (Wildman–Crippen LogP) is 30.8. The topological polar surface area (TPSA) is 128 Å². The van der Waals surface area contributed by atoms with Crippen molar-refractivity contribution in [2.75, 3.05) is 0 Å². The molecule has 0 radical (unpaired) electrons. The van der Waals surface area contributed by atoms with E-state index in [0.717, 1.165) is 127 Å². The van der Waals surface area contributed by atoms with Crippen LogP contribution < -0.4 is 0 Å². The summed E-state index contributed by atoms with van der Waals surface area (Å²) in [4.78, 5) is 41.3. The second-order valence-corrected chi connectivity index (χ2v) is 34.8. The molecule has 13 nitrogen and oxygen atoms in total. The number of hydrogen-bond donors (Lipinski definition) is 0. The van der Waals surface area contributed by atoms with Gasteiger partial charge in [0, 0.05) is 104 Å². The van der Waals surface area contributed by atoms with E-state index in [2.05, 4.69) is 393 Å². The van der Waals surface area contributed by atoms with E-state index in [4.69, 9.17) is 39.9 Å². The average Bonchev–Trinajstić information content (AvgIpc) is 1.54. The first kappa shape index (κ1) is 78.2. The third-order valence-corrected chi connectivity index (χ3v) is 27.1. The Morgan fingerprint density at radius 3 is 1.03 bits per heavy atom. The molecule has 638 valence electrons. The molecular weight excluding hydrogens is 1670 g/mol. The van der Waals surface area contributed by atoms with Gasteiger partial charge in [-0.15, -0.1) is 0 Å². The van der Waals surface area contributed by atoms with E-state index in [1.165, 1.54) is 92.9 Å². The first-order valence-corrected chi connectivity index (χ1v) is 46.2. The quantitative estimate of drug-likeness (QED) is 0.117. The molecule has 0 fully saturated rings. The van der Waals surface area contributed by atoms with Crippen molar-refractivity contribution in [3.8, 4) is 119 Å². The lowest BCUT2D eigenvalue weighted by Gasteiger charge is -2.15. The number of aromatic nitrogens is 13. The van der Waals surface area contributed by atoms with Gasteiger partial charge in [0.2, 0.25) is 17.8 Å². The highest BCUT2D eigenvalue weighted by molar-refractivity contribution is 6.32. The molecule has 1 aliphatic rings. The Kier molecular flexibility index (Phi) is 18.3. The van der Waals surface area contributed by atoms with Crippen molar-refractivity contribution in [3.05, 3.63) is 467 Å². The molecule has 0 unspecified atom stereocenters. The molecule has 8 heterocycles. The number of para-hydroxylation sites is 5. The second kappa shape index (κ2) is 32.1. The van der Waals surface area contributed by atoms with E-state index in [-0.39, 0.29) is 0 Å². The fourth-order valence-corrected chi connectivity index (χ4v) is 21.1. The van der Waals surface area contributed by atoms with Gasteiger partial charge in [0.05, 0.1) is 66.4 Å². The van der Waals surface area contributed by atoms with Gasteiger partial charge in [-0.2, -0.15) is 19.9 Å². The van der Waals surface area contributed by atoms with Gasteiger partial charge >= 0.3 is 0 Å². The average molecular weight is 1750 g/mol.